The standard InChI is InChI=1S/C16H22NPS/c1-10-11(2)15(4)16(5)14(10,3)13(17(6)18(15)16)12-7-8-19-9-12/h7-9,13H,1-6H3/t13-,14?,15?,16?,18?/m0/s1. The highest BCUT2D eigenvalue weighted by Crippen LogP contribution is 3.01. The van der Waals surface area contributed by atoms with Gasteiger partial charge in [-0.25, -0.2) is 0 Å². The van der Waals surface area contributed by atoms with E-state index in [1.165, 1.54) is 5.56 Å². The Balaban J connectivity index is 1.97. The van der Waals surface area contributed by atoms with E-state index >= 15 is 0 Å². The van der Waals surface area contributed by atoms with Crippen molar-refractivity contribution >= 4 is 19.4 Å². The highest BCUT2D eigenvalue weighted by molar-refractivity contribution is 7.68. The molecule has 1 nitrogen and oxygen atoms in total. The van der Waals surface area contributed by atoms with Crippen LogP contribution in [0.25, 0.3) is 0 Å². The van der Waals surface area contributed by atoms with Crippen molar-refractivity contribution in [2.24, 2.45) is 5.41 Å². The highest BCUT2D eigenvalue weighted by Gasteiger charge is 2.89. The minimum absolute atomic E-state index is 0.0159. The SMILES string of the molecule is CC1=C(C)C2(C)P3N(C)[C@@H](c4ccsc4)C1(C)C32C. The van der Waals surface area contributed by atoms with Crippen molar-refractivity contribution in [1.82, 2.24) is 4.67 Å². The van der Waals surface area contributed by atoms with Crippen molar-refractivity contribution in [2.45, 2.75) is 51.0 Å². The molecule has 2 fully saturated rings. The predicted octanol–water partition coefficient (Wildman–Crippen LogP) is 5.02. The summed E-state index contributed by atoms with van der Waals surface area (Å²) in [4.78, 5) is 0. The quantitative estimate of drug-likeness (QED) is 0.519. The predicted molar refractivity (Wildman–Crippen MR) is 85.0 cm³/mol. The normalized spacial score (nSPS) is 51.9. The Morgan fingerprint density at radius 2 is 1.89 bits per heavy atom. The lowest BCUT2D eigenvalue weighted by Crippen LogP contribution is -2.40. The Labute approximate surface area is 121 Å². The van der Waals surface area contributed by atoms with Crippen molar-refractivity contribution in [2.75, 3.05) is 7.05 Å². The maximum atomic E-state index is 2.73. The first-order chi connectivity index (χ1) is 8.83. The maximum Gasteiger partial charge on any atom is 0.0490 e. The van der Waals surface area contributed by atoms with Crippen molar-refractivity contribution in [1.29, 1.82) is 0 Å². The zero-order valence-corrected chi connectivity index (χ0v) is 14.3. The van der Waals surface area contributed by atoms with Crippen LogP contribution < -0.4 is 0 Å². The molecule has 0 saturated carbocycles. The molecule has 102 valence electrons. The van der Waals surface area contributed by atoms with E-state index in [1.807, 2.05) is 11.3 Å². The minimum atomic E-state index is -0.0159. The number of fused-ring (bicyclic) bond motifs is 1. The molecule has 0 N–H and O–H groups in total. The van der Waals surface area contributed by atoms with Gasteiger partial charge in [0.25, 0.3) is 0 Å². The van der Waals surface area contributed by atoms with Crippen LogP contribution in [0.15, 0.2) is 28.0 Å². The molecule has 0 aromatic carbocycles. The van der Waals surface area contributed by atoms with E-state index in [-0.39, 0.29) is 8.07 Å². The van der Waals surface area contributed by atoms with Crippen LogP contribution in [-0.2, 0) is 0 Å². The summed E-state index contributed by atoms with van der Waals surface area (Å²) in [5.74, 6) is 0. The molecule has 2 aliphatic heterocycles. The molecule has 3 aliphatic rings. The summed E-state index contributed by atoms with van der Waals surface area (Å²) in [5, 5.41) is 5.55. The van der Waals surface area contributed by atoms with Gasteiger partial charge >= 0.3 is 0 Å². The van der Waals surface area contributed by atoms with E-state index in [9.17, 15) is 0 Å². The molecule has 19 heavy (non-hydrogen) atoms. The van der Waals surface area contributed by atoms with Crippen molar-refractivity contribution in [3.8, 4) is 0 Å². The third kappa shape index (κ3) is 0.943. The van der Waals surface area contributed by atoms with Crippen LogP contribution in [-0.4, -0.2) is 22.0 Å². The molecule has 0 spiro atoms. The van der Waals surface area contributed by atoms with Gasteiger partial charge in [0.2, 0.25) is 0 Å². The Morgan fingerprint density at radius 1 is 1.21 bits per heavy atom. The summed E-state index contributed by atoms with van der Waals surface area (Å²) < 4.78 is 2.73. The molecule has 5 atom stereocenters. The van der Waals surface area contributed by atoms with Crippen LogP contribution in [0.1, 0.15) is 46.2 Å². The van der Waals surface area contributed by atoms with E-state index < -0.39 is 0 Å². The molecule has 1 aliphatic carbocycles. The molecule has 1 aromatic heterocycles. The Bertz CT molecular complexity index is 606. The van der Waals surface area contributed by atoms with E-state index in [1.54, 1.807) is 11.1 Å². The molecule has 2 saturated heterocycles. The van der Waals surface area contributed by atoms with Crippen LogP contribution >= 0.6 is 19.4 Å². The first-order valence-electron chi connectivity index (χ1n) is 7.06. The largest absolute Gasteiger partial charge is 0.275 e. The summed E-state index contributed by atoms with van der Waals surface area (Å²) in [6.45, 7) is 12.4. The smallest absolute Gasteiger partial charge is 0.0490 e. The Morgan fingerprint density at radius 3 is 2.47 bits per heavy atom. The van der Waals surface area contributed by atoms with Crippen LogP contribution in [0.5, 0.6) is 0 Å². The summed E-state index contributed by atoms with van der Waals surface area (Å²) >= 11 is 1.83. The lowest BCUT2D eigenvalue weighted by molar-refractivity contribution is 0.200. The molecular formula is C16H22NPS. The number of thiophene rings is 1. The monoisotopic (exact) mass is 291 g/mol. The molecule has 4 unspecified atom stereocenters. The fraction of sp³-hybridized carbons (Fsp3) is 0.625. The molecule has 3 heterocycles. The summed E-state index contributed by atoms with van der Waals surface area (Å²) in [5.41, 5.74) is 5.21. The van der Waals surface area contributed by atoms with Crippen LogP contribution in [0.2, 0.25) is 0 Å². The fourth-order valence-corrected chi connectivity index (χ4v) is 11.0. The van der Waals surface area contributed by atoms with Crippen LogP contribution in [0.3, 0.4) is 0 Å². The molecule has 3 heteroatoms. The second-order valence-electron chi connectivity index (χ2n) is 6.94. The second kappa shape index (κ2) is 3.18. The molecule has 0 radical (unpaired) electrons. The Hall–Kier alpha value is -0.170. The summed E-state index contributed by atoms with van der Waals surface area (Å²) in [7, 11) is 2.35. The van der Waals surface area contributed by atoms with Crippen LogP contribution in [0, 0.1) is 5.41 Å². The van der Waals surface area contributed by atoms with Gasteiger partial charge in [0.15, 0.2) is 0 Å². The van der Waals surface area contributed by atoms with E-state index in [0.717, 1.165) is 0 Å². The maximum absolute atomic E-state index is 2.73. The lowest BCUT2D eigenvalue weighted by atomic mass is 9.67. The topological polar surface area (TPSA) is 3.24 Å². The number of hydrogen-bond donors (Lipinski definition) is 0. The van der Waals surface area contributed by atoms with Crippen molar-refractivity contribution in [3.05, 3.63) is 33.5 Å². The zero-order chi connectivity index (χ0) is 13.8. The van der Waals surface area contributed by atoms with Gasteiger partial charge in [0.1, 0.15) is 0 Å². The van der Waals surface area contributed by atoms with Gasteiger partial charge in [-0.1, -0.05) is 25.0 Å². The van der Waals surface area contributed by atoms with Crippen LogP contribution in [0.4, 0.5) is 0 Å². The minimum Gasteiger partial charge on any atom is -0.275 e. The van der Waals surface area contributed by atoms with E-state index in [4.69, 9.17) is 0 Å². The highest BCUT2D eigenvalue weighted by atomic mass is 32.1. The molecule has 0 amide bonds. The number of rotatable bonds is 1. The van der Waals surface area contributed by atoms with E-state index in [2.05, 4.69) is 63.2 Å². The van der Waals surface area contributed by atoms with Gasteiger partial charge < -0.3 is 0 Å². The first-order valence-corrected chi connectivity index (χ1v) is 9.30. The summed E-state index contributed by atoms with van der Waals surface area (Å²) in [6.07, 6.45) is 0. The fourth-order valence-electron chi connectivity index (χ4n) is 5.53. The van der Waals surface area contributed by atoms with Gasteiger partial charge in [-0.15, -0.1) is 0 Å². The Kier molecular flexibility index (Phi) is 2.10. The number of hydrogen-bond acceptors (Lipinski definition) is 2. The number of nitrogens with zero attached hydrogens (tertiary/aromatic N) is 1. The van der Waals surface area contributed by atoms with Gasteiger partial charge in [-0.3, -0.25) is 4.67 Å². The lowest BCUT2D eigenvalue weighted by Gasteiger charge is -2.39. The molecular weight excluding hydrogens is 269 g/mol. The third-order valence-electron chi connectivity index (χ3n) is 6.92. The van der Waals surface area contributed by atoms with Gasteiger partial charge in [-0.05, 0) is 58.3 Å². The van der Waals surface area contributed by atoms with Crippen molar-refractivity contribution < 1.29 is 0 Å². The van der Waals surface area contributed by atoms with E-state index in [0.29, 0.717) is 21.8 Å². The average Bonchev–Trinajstić information content (AvgIpc) is 2.74. The second-order valence-corrected chi connectivity index (χ2v) is 10.8. The van der Waals surface area contributed by atoms with Gasteiger partial charge in [0.05, 0.1) is 0 Å². The first kappa shape index (κ1) is 12.6. The third-order valence-corrected chi connectivity index (χ3v) is 11.7. The average molecular weight is 291 g/mol. The summed E-state index contributed by atoms with van der Waals surface area (Å²) in [6, 6.07) is 2.92. The molecule has 1 aromatic rings. The molecule has 0 bridgehead atoms. The van der Waals surface area contributed by atoms with Crippen molar-refractivity contribution in [3.63, 3.8) is 0 Å². The number of allylic oxidation sites excluding steroid dienone is 1. The van der Waals surface area contributed by atoms with Gasteiger partial charge in [0, 0.05) is 21.8 Å². The molecule has 4 rings (SSSR count). The zero-order valence-electron chi connectivity index (χ0n) is 12.6. The van der Waals surface area contributed by atoms with Gasteiger partial charge in [-0.2, -0.15) is 11.3 Å².